The Morgan fingerprint density at radius 2 is 1.86 bits per heavy atom. The number of rotatable bonds is 3. The summed E-state index contributed by atoms with van der Waals surface area (Å²) in [6.45, 7) is 0. The van der Waals surface area contributed by atoms with E-state index in [1.807, 2.05) is 30.3 Å². The average Bonchev–Trinajstić information content (AvgIpc) is 2.90. The Labute approximate surface area is 125 Å². The average molecular weight is 297 g/mol. The van der Waals surface area contributed by atoms with Crippen LogP contribution in [0.15, 0.2) is 54.9 Å². The van der Waals surface area contributed by atoms with Crippen molar-refractivity contribution in [3.8, 4) is 11.4 Å². The summed E-state index contributed by atoms with van der Waals surface area (Å²) in [4.78, 5) is 16.1. The van der Waals surface area contributed by atoms with Gasteiger partial charge in [-0.1, -0.05) is 30.3 Å². The van der Waals surface area contributed by atoms with Crippen LogP contribution in [-0.2, 0) is 0 Å². The third kappa shape index (κ3) is 2.72. The Hall–Kier alpha value is -2.80. The molecule has 0 bridgehead atoms. The molecule has 2 N–H and O–H groups in total. The fourth-order valence-corrected chi connectivity index (χ4v) is 2.03. The molecule has 0 aliphatic carbocycles. The molecule has 21 heavy (non-hydrogen) atoms. The number of H-pyrrole nitrogens is 1. The lowest BCUT2D eigenvalue weighted by molar-refractivity contribution is 0.101. The number of aromatic amines is 1. The predicted molar refractivity (Wildman–Crippen MR) is 80.8 cm³/mol. The molecule has 104 valence electrons. The Bertz CT molecular complexity index is 810. The Kier molecular flexibility index (Phi) is 3.57. The van der Waals surface area contributed by atoms with Crippen LogP contribution in [0.25, 0.3) is 11.4 Å². The fraction of sp³-hybridized carbons (Fsp3) is 0. The van der Waals surface area contributed by atoms with Crippen LogP contribution in [0.1, 0.15) is 10.4 Å². The van der Waals surface area contributed by atoms with E-state index in [0.29, 0.717) is 16.2 Å². The minimum absolute atomic E-state index is 0.285. The highest BCUT2D eigenvalue weighted by Crippen LogP contribution is 2.15. The molecule has 2 aromatic heterocycles. The second-order valence-electron chi connectivity index (χ2n) is 4.23. The maximum Gasteiger partial charge on any atom is 0.270 e. The topological polar surface area (TPSA) is 75.6 Å². The standard InChI is InChI=1S/C14H11N5OS/c20-13(11-6-8-15-9-7-11)18-19-12(16-17-14(19)21)10-4-2-1-3-5-10/h1-9H,(H,17,21)(H,18,20). The summed E-state index contributed by atoms with van der Waals surface area (Å²) in [6, 6.07) is 12.7. The molecule has 0 saturated heterocycles. The number of hydrogen-bond donors (Lipinski definition) is 2. The van der Waals surface area contributed by atoms with E-state index in [1.54, 1.807) is 24.5 Å². The number of amides is 1. The minimum Gasteiger partial charge on any atom is -0.267 e. The molecule has 0 fully saturated rings. The summed E-state index contributed by atoms with van der Waals surface area (Å²) in [5, 5.41) is 6.83. The van der Waals surface area contributed by atoms with Crippen molar-refractivity contribution in [3.63, 3.8) is 0 Å². The first-order valence-corrected chi connectivity index (χ1v) is 6.61. The lowest BCUT2D eigenvalue weighted by Crippen LogP contribution is -2.23. The van der Waals surface area contributed by atoms with Crippen molar-refractivity contribution >= 4 is 18.1 Å². The highest BCUT2D eigenvalue weighted by atomic mass is 32.1. The molecule has 0 aliphatic heterocycles. The van der Waals surface area contributed by atoms with Crippen molar-refractivity contribution in [2.45, 2.75) is 0 Å². The SMILES string of the molecule is O=C(Nn1c(-c2ccccc2)n[nH]c1=S)c1ccncc1. The molecule has 6 nitrogen and oxygen atoms in total. The van der Waals surface area contributed by atoms with E-state index in [4.69, 9.17) is 12.2 Å². The molecule has 0 aliphatic rings. The molecule has 3 aromatic rings. The van der Waals surface area contributed by atoms with Gasteiger partial charge in [0.1, 0.15) is 0 Å². The quantitative estimate of drug-likeness (QED) is 0.728. The second-order valence-corrected chi connectivity index (χ2v) is 4.62. The van der Waals surface area contributed by atoms with E-state index in [9.17, 15) is 4.79 Å². The van der Waals surface area contributed by atoms with Gasteiger partial charge in [0.15, 0.2) is 5.82 Å². The zero-order chi connectivity index (χ0) is 14.7. The van der Waals surface area contributed by atoms with Gasteiger partial charge in [-0.05, 0) is 24.4 Å². The smallest absolute Gasteiger partial charge is 0.267 e. The number of nitrogens with one attached hydrogen (secondary N) is 2. The normalized spacial score (nSPS) is 10.3. The van der Waals surface area contributed by atoms with Gasteiger partial charge in [0.05, 0.1) is 0 Å². The van der Waals surface area contributed by atoms with Crippen LogP contribution in [0, 0.1) is 4.77 Å². The van der Waals surface area contributed by atoms with Crippen molar-refractivity contribution in [2.24, 2.45) is 0 Å². The van der Waals surface area contributed by atoms with Crippen molar-refractivity contribution in [1.82, 2.24) is 19.9 Å². The van der Waals surface area contributed by atoms with Gasteiger partial charge < -0.3 is 0 Å². The zero-order valence-electron chi connectivity index (χ0n) is 10.9. The maximum absolute atomic E-state index is 12.2. The van der Waals surface area contributed by atoms with Gasteiger partial charge >= 0.3 is 0 Å². The Morgan fingerprint density at radius 3 is 2.57 bits per heavy atom. The van der Waals surface area contributed by atoms with E-state index in [-0.39, 0.29) is 5.91 Å². The molecule has 0 atom stereocenters. The summed E-state index contributed by atoms with van der Waals surface area (Å²) >= 11 is 5.16. The molecule has 1 amide bonds. The number of pyridine rings is 1. The van der Waals surface area contributed by atoms with E-state index < -0.39 is 0 Å². The lowest BCUT2D eigenvalue weighted by atomic mass is 10.2. The van der Waals surface area contributed by atoms with Crippen molar-refractivity contribution in [3.05, 3.63) is 65.2 Å². The number of hydrogen-bond acceptors (Lipinski definition) is 4. The van der Waals surface area contributed by atoms with Crippen LogP contribution >= 0.6 is 12.2 Å². The fourth-order valence-electron chi connectivity index (χ4n) is 1.85. The van der Waals surface area contributed by atoms with Gasteiger partial charge in [-0.25, -0.2) is 9.77 Å². The van der Waals surface area contributed by atoms with Gasteiger partial charge in [-0.2, -0.15) is 5.10 Å². The summed E-state index contributed by atoms with van der Waals surface area (Å²) in [7, 11) is 0. The zero-order valence-corrected chi connectivity index (χ0v) is 11.7. The molecule has 7 heteroatoms. The Balaban J connectivity index is 1.95. The first kappa shape index (κ1) is 13.2. The predicted octanol–water partition coefficient (Wildman–Crippen LogP) is 2.39. The van der Waals surface area contributed by atoms with Gasteiger partial charge in [0.2, 0.25) is 4.77 Å². The first-order valence-electron chi connectivity index (χ1n) is 6.20. The summed E-state index contributed by atoms with van der Waals surface area (Å²) < 4.78 is 1.77. The first-order chi connectivity index (χ1) is 10.3. The van der Waals surface area contributed by atoms with Crippen LogP contribution < -0.4 is 5.43 Å². The Morgan fingerprint density at radius 1 is 1.14 bits per heavy atom. The van der Waals surface area contributed by atoms with Crippen LogP contribution in [0.4, 0.5) is 0 Å². The number of carbonyl (C=O) groups is 1. The number of carbonyl (C=O) groups excluding carboxylic acids is 1. The lowest BCUT2D eigenvalue weighted by Gasteiger charge is -2.08. The summed E-state index contributed by atoms with van der Waals surface area (Å²) in [6.07, 6.45) is 3.11. The monoisotopic (exact) mass is 297 g/mol. The molecule has 0 spiro atoms. The number of nitrogens with zero attached hydrogens (tertiary/aromatic N) is 3. The van der Waals surface area contributed by atoms with E-state index in [1.165, 1.54) is 4.68 Å². The van der Waals surface area contributed by atoms with Gasteiger partial charge in [0.25, 0.3) is 5.91 Å². The van der Waals surface area contributed by atoms with Crippen LogP contribution in [0.5, 0.6) is 0 Å². The highest BCUT2D eigenvalue weighted by Gasteiger charge is 2.12. The summed E-state index contributed by atoms with van der Waals surface area (Å²) in [5.41, 5.74) is 4.07. The minimum atomic E-state index is -0.285. The van der Waals surface area contributed by atoms with Crippen LogP contribution in [0.2, 0.25) is 0 Å². The molecule has 0 radical (unpaired) electrons. The third-order valence-corrected chi connectivity index (χ3v) is 3.13. The van der Waals surface area contributed by atoms with E-state index in [2.05, 4.69) is 20.6 Å². The molecule has 0 saturated carbocycles. The maximum atomic E-state index is 12.2. The van der Waals surface area contributed by atoms with E-state index >= 15 is 0 Å². The molecular formula is C14H11N5OS. The third-order valence-electron chi connectivity index (χ3n) is 2.86. The summed E-state index contributed by atoms with van der Waals surface area (Å²) in [5.74, 6) is 0.259. The molecule has 2 heterocycles. The second kappa shape index (κ2) is 5.68. The molecule has 0 unspecified atom stereocenters. The van der Waals surface area contributed by atoms with Gasteiger partial charge in [-0.15, -0.1) is 0 Å². The van der Waals surface area contributed by atoms with Crippen LogP contribution in [-0.4, -0.2) is 25.8 Å². The van der Waals surface area contributed by atoms with Gasteiger partial charge in [0, 0.05) is 23.5 Å². The number of aromatic nitrogens is 4. The van der Waals surface area contributed by atoms with Gasteiger partial charge in [-0.3, -0.25) is 15.2 Å². The van der Waals surface area contributed by atoms with Crippen molar-refractivity contribution in [2.75, 3.05) is 5.43 Å². The molecular weight excluding hydrogens is 286 g/mol. The van der Waals surface area contributed by atoms with E-state index in [0.717, 1.165) is 5.56 Å². The largest absolute Gasteiger partial charge is 0.270 e. The molecule has 3 rings (SSSR count). The van der Waals surface area contributed by atoms with Crippen LogP contribution in [0.3, 0.4) is 0 Å². The molecule has 1 aromatic carbocycles. The van der Waals surface area contributed by atoms with Crippen molar-refractivity contribution < 1.29 is 4.79 Å². The highest BCUT2D eigenvalue weighted by molar-refractivity contribution is 7.71. The van der Waals surface area contributed by atoms with Crippen molar-refractivity contribution in [1.29, 1.82) is 0 Å². The number of benzene rings is 1.